The molecule has 4 atom stereocenters. The minimum Gasteiger partial charge on any atom is -0.408 e. The Morgan fingerprint density at radius 3 is 1.86 bits per heavy atom. The van der Waals surface area contributed by atoms with Crippen LogP contribution in [0.2, 0.25) is 18.1 Å². The van der Waals surface area contributed by atoms with Gasteiger partial charge in [0.05, 0.1) is 13.2 Å². The molecule has 1 aliphatic carbocycles. The SMILES string of the molecule is CC(C)(C)[Si](C)(C)OC1C2OC3OC1C1(CO1)C(O3)C21CO1. The molecule has 4 unspecified atom stereocenters. The number of epoxide rings is 2. The zero-order chi connectivity index (χ0) is 15.5. The molecule has 0 aromatic rings. The molecule has 6 fully saturated rings. The number of ether oxygens (including phenoxy) is 5. The summed E-state index contributed by atoms with van der Waals surface area (Å²) in [5.74, 6) is 0. The predicted molar refractivity (Wildman–Crippen MR) is 77.8 cm³/mol. The van der Waals surface area contributed by atoms with Crippen molar-refractivity contribution < 1.29 is 28.1 Å². The molecular formula is C15H24O6Si. The van der Waals surface area contributed by atoms with Gasteiger partial charge in [-0.15, -0.1) is 0 Å². The number of hydrogen-bond acceptors (Lipinski definition) is 6. The Hall–Kier alpha value is -0.0231. The van der Waals surface area contributed by atoms with Gasteiger partial charge >= 0.3 is 0 Å². The van der Waals surface area contributed by atoms with Crippen LogP contribution in [0.25, 0.3) is 0 Å². The van der Waals surface area contributed by atoms with E-state index >= 15 is 0 Å². The first kappa shape index (κ1) is 14.3. The third-order valence-electron chi connectivity index (χ3n) is 6.40. The van der Waals surface area contributed by atoms with Gasteiger partial charge in [-0.05, 0) is 18.1 Å². The van der Waals surface area contributed by atoms with Gasteiger partial charge in [0.2, 0.25) is 0 Å². The average molecular weight is 328 g/mol. The molecule has 6 nitrogen and oxygen atoms in total. The summed E-state index contributed by atoms with van der Waals surface area (Å²) in [4.78, 5) is 0. The van der Waals surface area contributed by atoms with E-state index in [-0.39, 0.29) is 40.7 Å². The van der Waals surface area contributed by atoms with Crippen LogP contribution in [0.4, 0.5) is 0 Å². The molecular weight excluding hydrogens is 304 g/mol. The first-order valence-corrected chi connectivity index (χ1v) is 11.0. The van der Waals surface area contributed by atoms with E-state index < -0.39 is 14.8 Å². The molecule has 0 N–H and O–H groups in total. The minimum atomic E-state index is -1.95. The van der Waals surface area contributed by atoms with Gasteiger partial charge in [-0.3, -0.25) is 0 Å². The maximum Gasteiger partial charge on any atom is 0.273 e. The van der Waals surface area contributed by atoms with Crippen molar-refractivity contribution >= 4 is 8.32 Å². The molecule has 22 heavy (non-hydrogen) atoms. The van der Waals surface area contributed by atoms with Crippen LogP contribution in [0, 0.1) is 0 Å². The zero-order valence-corrected chi connectivity index (χ0v) is 14.8. The molecule has 0 amide bonds. The second-order valence-electron chi connectivity index (χ2n) is 8.75. The fourth-order valence-corrected chi connectivity index (χ4v) is 5.21. The van der Waals surface area contributed by atoms with Crippen molar-refractivity contribution in [3.8, 4) is 0 Å². The maximum absolute atomic E-state index is 6.70. The summed E-state index contributed by atoms with van der Waals surface area (Å²) in [6.07, 6.45) is -0.443. The minimum absolute atomic E-state index is 0.0817. The monoisotopic (exact) mass is 328 g/mol. The van der Waals surface area contributed by atoms with Gasteiger partial charge in [-0.2, -0.15) is 0 Å². The topological polar surface area (TPSA) is 62.0 Å². The van der Waals surface area contributed by atoms with E-state index in [4.69, 9.17) is 28.1 Å². The molecule has 0 aromatic heterocycles. The third-order valence-corrected chi connectivity index (χ3v) is 10.9. The van der Waals surface area contributed by atoms with Crippen LogP contribution in [0.5, 0.6) is 0 Å². The van der Waals surface area contributed by atoms with Crippen molar-refractivity contribution in [3.63, 3.8) is 0 Å². The van der Waals surface area contributed by atoms with Crippen LogP contribution in [-0.4, -0.2) is 63.6 Å². The zero-order valence-electron chi connectivity index (χ0n) is 13.8. The van der Waals surface area contributed by atoms with Gasteiger partial charge in [0, 0.05) is 0 Å². The molecule has 2 spiro atoms. The maximum atomic E-state index is 6.70. The Labute approximate surface area is 131 Å². The molecule has 0 radical (unpaired) electrons. The van der Waals surface area contributed by atoms with Crippen molar-refractivity contribution in [3.05, 3.63) is 0 Å². The molecule has 5 heterocycles. The molecule has 0 aromatic carbocycles. The third kappa shape index (κ3) is 1.56. The van der Waals surface area contributed by atoms with Crippen LogP contribution in [0.15, 0.2) is 0 Å². The highest BCUT2D eigenvalue weighted by molar-refractivity contribution is 6.74. The van der Waals surface area contributed by atoms with Crippen molar-refractivity contribution in [1.29, 1.82) is 0 Å². The average Bonchev–Trinajstić information content (AvgIpc) is 3.30. The summed E-state index contributed by atoms with van der Waals surface area (Å²) in [5.41, 5.74) is -0.777. The lowest BCUT2D eigenvalue weighted by molar-refractivity contribution is -0.473. The molecule has 5 saturated heterocycles. The van der Waals surface area contributed by atoms with E-state index in [2.05, 4.69) is 33.9 Å². The van der Waals surface area contributed by atoms with E-state index in [9.17, 15) is 0 Å². The molecule has 124 valence electrons. The van der Waals surface area contributed by atoms with Crippen LogP contribution in [0.3, 0.4) is 0 Å². The van der Waals surface area contributed by atoms with Crippen molar-refractivity contribution in [2.24, 2.45) is 0 Å². The van der Waals surface area contributed by atoms with Crippen molar-refractivity contribution in [2.45, 2.75) is 81.0 Å². The Morgan fingerprint density at radius 1 is 0.955 bits per heavy atom. The van der Waals surface area contributed by atoms with Gasteiger partial charge in [-0.1, -0.05) is 20.8 Å². The lowest BCUT2D eigenvalue weighted by Gasteiger charge is -2.59. The molecule has 4 bridgehead atoms. The summed E-state index contributed by atoms with van der Waals surface area (Å²) in [6, 6.07) is 0. The highest BCUT2D eigenvalue weighted by atomic mass is 28.4. The predicted octanol–water partition coefficient (Wildman–Crippen LogP) is 1.39. The summed E-state index contributed by atoms with van der Waals surface area (Å²) in [6.45, 7) is 12.0. The van der Waals surface area contributed by atoms with Gasteiger partial charge < -0.3 is 28.1 Å². The lowest BCUT2D eigenvalue weighted by Crippen LogP contribution is -2.79. The smallest absolute Gasteiger partial charge is 0.273 e. The number of rotatable bonds is 2. The summed E-state index contributed by atoms with van der Waals surface area (Å²) in [7, 11) is -1.95. The molecule has 7 heteroatoms. The quantitative estimate of drug-likeness (QED) is 0.564. The fourth-order valence-electron chi connectivity index (χ4n) is 3.93. The Bertz CT molecular complexity index is 491. The standard InChI is InChI=1S/C15H24O6Si/c1-13(2,3)22(4,5)21-8-9-14(6-16-14)11-15(7-17-15)10(8)19-12(18-9)20-11/h8-12H,6-7H2,1-5H3. The highest BCUT2D eigenvalue weighted by Gasteiger charge is 2.84. The van der Waals surface area contributed by atoms with Crippen molar-refractivity contribution in [2.75, 3.05) is 13.2 Å². The second-order valence-corrected chi connectivity index (χ2v) is 13.5. The normalized spacial score (nSPS) is 55.2. The summed E-state index contributed by atoms with van der Waals surface area (Å²) < 4.78 is 36.2. The van der Waals surface area contributed by atoms with E-state index in [1.807, 2.05) is 0 Å². The van der Waals surface area contributed by atoms with Crippen LogP contribution >= 0.6 is 0 Å². The van der Waals surface area contributed by atoms with Gasteiger partial charge in [0.15, 0.2) is 8.32 Å². The van der Waals surface area contributed by atoms with E-state index in [1.54, 1.807) is 0 Å². The molecule has 6 aliphatic rings. The van der Waals surface area contributed by atoms with E-state index in [1.165, 1.54) is 0 Å². The first-order chi connectivity index (χ1) is 10.2. The van der Waals surface area contributed by atoms with Gasteiger partial charge in [0.25, 0.3) is 6.48 Å². The molecule has 6 rings (SSSR count). The Morgan fingerprint density at radius 2 is 1.45 bits per heavy atom. The van der Waals surface area contributed by atoms with E-state index in [0.29, 0.717) is 13.2 Å². The molecule has 1 saturated carbocycles. The largest absolute Gasteiger partial charge is 0.408 e. The first-order valence-electron chi connectivity index (χ1n) is 8.12. The lowest BCUT2D eigenvalue weighted by atomic mass is 9.71. The van der Waals surface area contributed by atoms with Gasteiger partial charge in [-0.25, -0.2) is 0 Å². The Balaban J connectivity index is 1.51. The van der Waals surface area contributed by atoms with Crippen LogP contribution in [0.1, 0.15) is 20.8 Å². The number of hydrogen-bond donors (Lipinski definition) is 0. The van der Waals surface area contributed by atoms with Crippen molar-refractivity contribution in [1.82, 2.24) is 0 Å². The van der Waals surface area contributed by atoms with Crippen LogP contribution in [-0.2, 0) is 28.1 Å². The highest BCUT2D eigenvalue weighted by Crippen LogP contribution is 2.62. The van der Waals surface area contributed by atoms with Crippen LogP contribution < -0.4 is 0 Å². The Kier molecular flexibility index (Phi) is 2.47. The summed E-state index contributed by atoms with van der Waals surface area (Å²) >= 11 is 0. The van der Waals surface area contributed by atoms with E-state index in [0.717, 1.165) is 0 Å². The molecule has 5 aliphatic heterocycles. The second kappa shape index (κ2) is 3.79. The fraction of sp³-hybridized carbons (Fsp3) is 1.00. The summed E-state index contributed by atoms with van der Waals surface area (Å²) in [5, 5.41) is 0.132. The van der Waals surface area contributed by atoms with Gasteiger partial charge in [0.1, 0.15) is 35.6 Å².